The smallest absolute Gasteiger partial charge is 0.218 e. The van der Waals surface area contributed by atoms with E-state index in [2.05, 4.69) is 9.98 Å². The van der Waals surface area contributed by atoms with Gasteiger partial charge in [-0.25, -0.2) is 0 Å². The molecule has 15 heavy (non-hydrogen) atoms. The highest BCUT2D eigenvalue weighted by Gasteiger charge is 2.13. The summed E-state index contributed by atoms with van der Waals surface area (Å²) in [5.74, 6) is 0.929. The van der Waals surface area contributed by atoms with Crippen LogP contribution in [0, 0.1) is 0 Å². The van der Waals surface area contributed by atoms with Gasteiger partial charge in [0.15, 0.2) is 0 Å². The lowest BCUT2D eigenvalue weighted by atomic mass is 10.2. The van der Waals surface area contributed by atoms with Crippen molar-refractivity contribution in [3.8, 4) is 5.75 Å². The monoisotopic (exact) mass is 208 g/mol. The number of rotatable bonds is 4. The first-order valence-corrected chi connectivity index (χ1v) is 5.00. The van der Waals surface area contributed by atoms with Crippen LogP contribution < -0.4 is 4.74 Å². The highest BCUT2D eigenvalue weighted by Crippen LogP contribution is 2.09. The molecule has 0 aromatic carbocycles. The highest BCUT2D eigenvalue weighted by molar-refractivity contribution is 5.82. The summed E-state index contributed by atoms with van der Waals surface area (Å²) in [6.45, 7) is 2.00. The van der Waals surface area contributed by atoms with Gasteiger partial charge in [0.1, 0.15) is 11.9 Å². The van der Waals surface area contributed by atoms with E-state index in [0.717, 1.165) is 6.42 Å². The molecule has 0 aliphatic heterocycles. The molecular formula is C11H16N2O2. The largest absolute Gasteiger partial charge is 0.439 e. The zero-order chi connectivity index (χ0) is 11.1. The van der Waals surface area contributed by atoms with Crippen molar-refractivity contribution < 1.29 is 9.84 Å². The molecule has 0 fully saturated rings. The molecule has 1 atom stereocenters. The van der Waals surface area contributed by atoms with E-state index in [1.807, 2.05) is 6.92 Å². The van der Waals surface area contributed by atoms with Gasteiger partial charge < -0.3 is 9.84 Å². The van der Waals surface area contributed by atoms with Crippen molar-refractivity contribution in [3.63, 3.8) is 0 Å². The normalized spacial score (nSPS) is 13.7. The van der Waals surface area contributed by atoms with Crippen LogP contribution in [0.25, 0.3) is 0 Å². The van der Waals surface area contributed by atoms with E-state index in [4.69, 9.17) is 4.74 Å². The zero-order valence-corrected chi connectivity index (χ0v) is 9.05. The van der Waals surface area contributed by atoms with E-state index < -0.39 is 6.10 Å². The summed E-state index contributed by atoms with van der Waals surface area (Å²) < 4.78 is 5.42. The number of hydrogen-bond acceptors (Lipinski definition) is 4. The van der Waals surface area contributed by atoms with Crippen molar-refractivity contribution >= 4 is 5.90 Å². The summed E-state index contributed by atoms with van der Waals surface area (Å²) in [4.78, 5) is 7.83. The predicted octanol–water partition coefficient (Wildman–Crippen LogP) is 1.65. The third-order valence-corrected chi connectivity index (χ3v) is 1.92. The molecule has 4 heteroatoms. The van der Waals surface area contributed by atoms with Crippen LogP contribution in [0.15, 0.2) is 29.5 Å². The lowest BCUT2D eigenvalue weighted by Crippen LogP contribution is -2.25. The third-order valence-electron chi connectivity index (χ3n) is 1.92. The Kier molecular flexibility index (Phi) is 4.77. The first kappa shape index (κ1) is 11.7. The van der Waals surface area contributed by atoms with Crippen LogP contribution in [0.5, 0.6) is 5.75 Å². The van der Waals surface area contributed by atoms with E-state index in [0.29, 0.717) is 18.1 Å². The fourth-order valence-corrected chi connectivity index (χ4v) is 1.19. The Morgan fingerprint density at radius 2 is 2.47 bits per heavy atom. The molecule has 0 radical (unpaired) electrons. The molecule has 0 saturated heterocycles. The van der Waals surface area contributed by atoms with Crippen LogP contribution in [0.1, 0.15) is 19.8 Å². The molecule has 0 amide bonds. The van der Waals surface area contributed by atoms with Crippen molar-refractivity contribution in [1.29, 1.82) is 0 Å². The number of nitrogens with zero attached hydrogens (tertiary/aromatic N) is 2. The molecule has 0 spiro atoms. The Bertz CT molecular complexity index is 312. The maximum absolute atomic E-state index is 9.69. The van der Waals surface area contributed by atoms with Crippen LogP contribution in [0.2, 0.25) is 0 Å². The second kappa shape index (κ2) is 6.14. The second-order valence-electron chi connectivity index (χ2n) is 3.16. The van der Waals surface area contributed by atoms with Crippen molar-refractivity contribution in [2.24, 2.45) is 4.99 Å². The SMILES string of the molecule is CCCC(O)C(=NC)Oc1cccnc1. The van der Waals surface area contributed by atoms with Gasteiger partial charge in [-0.2, -0.15) is 0 Å². The average Bonchev–Trinajstić information content (AvgIpc) is 2.27. The van der Waals surface area contributed by atoms with Crippen LogP contribution in [0.3, 0.4) is 0 Å². The Morgan fingerprint density at radius 1 is 1.67 bits per heavy atom. The van der Waals surface area contributed by atoms with E-state index in [1.165, 1.54) is 0 Å². The van der Waals surface area contributed by atoms with Crippen LogP contribution in [-0.2, 0) is 0 Å². The van der Waals surface area contributed by atoms with Gasteiger partial charge in [-0.05, 0) is 18.6 Å². The van der Waals surface area contributed by atoms with E-state index in [-0.39, 0.29) is 0 Å². The Hall–Kier alpha value is -1.42. The summed E-state index contributed by atoms with van der Waals surface area (Å²) in [5, 5.41) is 9.69. The first-order valence-electron chi connectivity index (χ1n) is 5.00. The lowest BCUT2D eigenvalue weighted by Gasteiger charge is -2.12. The Labute approximate surface area is 89.6 Å². The van der Waals surface area contributed by atoms with Gasteiger partial charge in [0, 0.05) is 13.2 Å². The molecule has 0 aliphatic carbocycles. The van der Waals surface area contributed by atoms with Crippen molar-refractivity contribution in [3.05, 3.63) is 24.5 Å². The molecule has 1 aromatic rings. The number of aliphatic hydroxyl groups is 1. The summed E-state index contributed by atoms with van der Waals surface area (Å²) in [5.41, 5.74) is 0. The molecular weight excluding hydrogens is 192 g/mol. The highest BCUT2D eigenvalue weighted by atomic mass is 16.5. The van der Waals surface area contributed by atoms with Gasteiger partial charge in [0.2, 0.25) is 5.90 Å². The molecule has 0 saturated carbocycles. The molecule has 0 aliphatic rings. The lowest BCUT2D eigenvalue weighted by molar-refractivity contribution is 0.208. The van der Waals surface area contributed by atoms with Gasteiger partial charge >= 0.3 is 0 Å². The third kappa shape index (κ3) is 3.67. The van der Waals surface area contributed by atoms with Crippen molar-refractivity contribution in [2.75, 3.05) is 7.05 Å². The minimum absolute atomic E-state index is 0.338. The van der Waals surface area contributed by atoms with Gasteiger partial charge in [-0.1, -0.05) is 13.3 Å². The van der Waals surface area contributed by atoms with Gasteiger partial charge in [-0.15, -0.1) is 0 Å². The number of aliphatic imine (C=N–C) groups is 1. The van der Waals surface area contributed by atoms with Crippen molar-refractivity contribution in [1.82, 2.24) is 4.98 Å². The number of pyridine rings is 1. The topological polar surface area (TPSA) is 54.7 Å². The first-order chi connectivity index (χ1) is 7.27. The molecule has 1 aromatic heterocycles. The summed E-state index contributed by atoms with van der Waals surface area (Å²) in [6, 6.07) is 3.55. The average molecular weight is 208 g/mol. The molecule has 1 heterocycles. The van der Waals surface area contributed by atoms with Gasteiger partial charge in [0.25, 0.3) is 0 Å². The number of aliphatic hydroxyl groups excluding tert-OH is 1. The molecule has 1 unspecified atom stereocenters. The van der Waals surface area contributed by atoms with Gasteiger partial charge in [-0.3, -0.25) is 9.98 Å². The fourth-order valence-electron chi connectivity index (χ4n) is 1.19. The quantitative estimate of drug-likeness (QED) is 0.604. The minimum atomic E-state index is -0.639. The van der Waals surface area contributed by atoms with E-state index in [9.17, 15) is 5.11 Å². The Balaban J connectivity index is 2.63. The second-order valence-corrected chi connectivity index (χ2v) is 3.16. The van der Waals surface area contributed by atoms with Crippen LogP contribution in [0.4, 0.5) is 0 Å². The minimum Gasteiger partial charge on any atom is -0.439 e. The summed E-state index contributed by atoms with van der Waals surface area (Å²) in [7, 11) is 1.60. The number of ether oxygens (including phenoxy) is 1. The summed E-state index contributed by atoms with van der Waals surface area (Å²) in [6.07, 6.45) is 4.14. The molecule has 82 valence electrons. The standard InChI is InChI=1S/C11H16N2O2/c1-3-5-10(14)11(12-2)15-9-6-4-7-13-8-9/h4,6-8,10,14H,3,5H2,1-2H3. The Morgan fingerprint density at radius 3 is 3.00 bits per heavy atom. The van der Waals surface area contributed by atoms with Crippen molar-refractivity contribution in [2.45, 2.75) is 25.9 Å². The van der Waals surface area contributed by atoms with E-state index in [1.54, 1.807) is 31.6 Å². The predicted molar refractivity (Wildman–Crippen MR) is 59.1 cm³/mol. The van der Waals surface area contributed by atoms with Gasteiger partial charge in [0.05, 0.1) is 6.20 Å². The number of hydrogen-bond donors (Lipinski definition) is 1. The summed E-state index contributed by atoms with van der Waals surface area (Å²) >= 11 is 0. The maximum Gasteiger partial charge on any atom is 0.218 e. The number of aromatic nitrogens is 1. The fraction of sp³-hybridized carbons (Fsp3) is 0.455. The molecule has 0 bridgehead atoms. The zero-order valence-electron chi connectivity index (χ0n) is 9.05. The molecule has 1 N–H and O–H groups in total. The van der Waals surface area contributed by atoms with E-state index >= 15 is 0 Å². The molecule has 1 rings (SSSR count). The molecule has 4 nitrogen and oxygen atoms in total. The van der Waals surface area contributed by atoms with Crippen LogP contribution in [-0.4, -0.2) is 29.1 Å². The van der Waals surface area contributed by atoms with Crippen LogP contribution >= 0.6 is 0 Å². The maximum atomic E-state index is 9.69.